The third-order valence-corrected chi connectivity index (χ3v) is 2.73. The highest BCUT2D eigenvalue weighted by atomic mass is 19.4. The summed E-state index contributed by atoms with van der Waals surface area (Å²) in [6, 6.07) is 4.10. The van der Waals surface area contributed by atoms with Crippen molar-refractivity contribution in [2.75, 3.05) is 6.54 Å². The fourth-order valence-corrected chi connectivity index (χ4v) is 1.93. The van der Waals surface area contributed by atoms with E-state index in [0.717, 1.165) is 16.7 Å². The van der Waals surface area contributed by atoms with Crippen LogP contribution >= 0.6 is 0 Å². The smallest absolute Gasteiger partial charge is 0.312 e. The van der Waals surface area contributed by atoms with Gasteiger partial charge in [-0.2, -0.15) is 13.2 Å². The number of rotatable bonds is 4. The van der Waals surface area contributed by atoms with Crippen LogP contribution in [0.3, 0.4) is 0 Å². The average Bonchev–Trinajstić information content (AvgIpc) is 2.13. The Morgan fingerprint density at radius 3 is 2.06 bits per heavy atom. The van der Waals surface area contributed by atoms with Crippen LogP contribution < -0.4 is 5.32 Å². The largest absolute Gasteiger partial charge is 0.390 e. The predicted molar refractivity (Wildman–Crippen MR) is 63.0 cm³/mol. The lowest BCUT2D eigenvalue weighted by molar-refractivity contribution is -0.133. The van der Waals surface area contributed by atoms with Gasteiger partial charge in [0.1, 0.15) is 0 Å². The molecule has 96 valence electrons. The summed E-state index contributed by atoms with van der Waals surface area (Å²) in [5, 5.41) is 2.84. The number of nitrogens with one attached hydrogen (secondary N) is 1. The van der Waals surface area contributed by atoms with E-state index in [1.165, 1.54) is 5.56 Å². The summed E-state index contributed by atoms with van der Waals surface area (Å²) in [6.07, 6.45) is -4.86. The molecule has 0 aliphatic carbocycles. The molecule has 0 saturated heterocycles. The van der Waals surface area contributed by atoms with E-state index in [4.69, 9.17) is 0 Å². The Kier molecular flexibility index (Phi) is 4.57. The van der Waals surface area contributed by atoms with Gasteiger partial charge in [-0.3, -0.25) is 0 Å². The van der Waals surface area contributed by atoms with Crippen molar-refractivity contribution in [3.05, 3.63) is 34.4 Å². The minimum absolute atomic E-state index is 0.0315. The second-order valence-electron chi connectivity index (χ2n) is 4.42. The van der Waals surface area contributed by atoms with Crippen LogP contribution in [0.5, 0.6) is 0 Å². The summed E-state index contributed by atoms with van der Waals surface area (Å²) in [7, 11) is 0. The Balaban J connectivity index is 2.53. The lowest BCUT2D eigenvalue weighted by Crippen LogP contribution is -2.22. The number of benzene rings is 1. The molecule has 1 N–H and O–H groups in total. The van der Waals surface area contributed by atoms with E-state index in [9.17, 15) is 13.2 Å². The zero-order valence-electron chi connectivity index (χ0n) is 10.4. The minimum atomic E-state index is -4.08. The highest BCUT2D eigenvalue weighted by Crippen LogP contribution is 2.19. The molecule has 0 saturated carbocycles. The second-order valence-corrected chi connectivity index (χ2v) is 4.42. The van der Waals surface area contributed by atoms with Crippen molar-refractivity contribution in [2.24, 2.45) is 0 Å². The molecule has 0 fully saturated rings. The van der Waals surface area contributed by atoms with Gasteiger partial charge < -0.3 is 5.32 Å². The maximum Gasteiger partial charge on any atom is 0.390 e. The Bertz CT molecular complexity index is 360. The third kappa shape index (κ3) is 4.77. The average molecular weight is 245 g/mol. The van der Waals surface area contributed by atoms with Crippen LogP contribution in [0.15, 0.2) is 12.1 Å². The molecule has 0 bridgehead atoms. The molecule has 1 rings (SSSR count). The summed E-state index contributed by atoms with van der Waals surface area (Å²) in [4.78, 5) is 0. The summed E-state index contributed by atoms with van der Waals surface area (Å²) >= 11 is 0. The SMILES string of the molecule is Cc1cc(C)c(CNCCC(F)(F)F)c(C)c1. The van der Waals surface area contributed by atoms with Crippen LogP contribution in [0.25, 0.3) is 0 Å². The summed E-state index contributed by atoms with van der Waals surface area (Å²) in [6.45, 7) is 6.45. The van der Waals surface area contributed by atoms with E-state index < -0.39 is 12.6 Å². The Labute approximate surface area is 100 Å². The normalized spacial score (nSPS) is 11.9. The van der Waals surface area contributed by atoms with Crippen LogP contribution in [0.1, 0.15) is 28.7 Å². The predicted octanol–water partition coefficient (Wildman–Crippen LogP) is 3.65. The zero-order chi connectivity index (χ0) is 13.1. The molecule has 0 aliphatic heterocycles. The van der Waals surface area contributed by atoms with Crippen LogP contribution in [-0.2, 0) is 6.54 Å². The van der Waals surface area contributed by atoms with Gasteiger partial charge in [0.15, 0.2) is 0 Å². The molecule has 0 radical (unpaired) electrons. The number of alkyl halides is 3. The quantitative estimate of drug-likeness (QED) is 0.798. The van der Waals surface area contributed by atoms with Crippen LogP contribution in [-0.4, -0.2) is 12.7 Å². The van der Waals surface area contributed by atoms with E-state index in [-0.39, 0.29) is 6.54 Å². The zero-order valence-corrected chi connectivity index (χ0v) is 10.4. The molecular weight excluding hydrogens is 227 g/mol. The first-order valence-electron chi connectivity index (χ1n) is 5.64. The standard InChI is InChI=1S/C13H18F3N/c1-9-6-10(2)12(11(3)7-9)8-17-5-4-13(14,15)16/h6-7,17H,4-5,8H2,1-3H3. The van der Waals surface area contributed by atoms with Gasteiger partial charge in [-0.25, -0.2) is 0 Å². The van der Waals surface area contributed by atoms with Gasteiger partial charge in [0.2, 0.25) is 0 Å². The van der Waals surface area contributed by atoms with E-state index in [1.807, 2.05) is 32.9 Å². The van der Waals surface area contributed by atoms with Gasteiger partial charge in [-0.1, -0.05) is 17.7 Å². The van der Waals surface area contributed by atoms with Crippen molar-refractivity contribution >= 4 is 0 Å². The summed E-state index contributed by atoms with van der Waals surface area (Å²) < 4.78 is 35.9. The molecule has 0 heterocycles. The first kappa shape index (κ1) is 14.0. The van der Waals surface area contributed by atoms with Gasteiger partial charge >= 0.3 is 6.18 Å². The highest BCUT2D eigenvalue weighted by molar-refractivity contribution is 5.37. The fourth-order valence-electron chi connectivity index (χ4n) is 1.93. The van der Waals surface area contributed by atoms with Crippen molar-refractivity contribution in [3.8, 4) is 0 Å². The monoisotopic (exact) mass is 245 g/mol. The number of hydrogen-bond acceptors (Lipinski definition) is 1. The van der Waals surface area contributed by atoms with Crippen LogP contribution in [0.4, 0.5) is 13.2 Å². The van der Waals surface area contributed by atoms with Gasteiger partial charge in [0.05, 0.1) is 6.42 Å². The third-order valence-electron chi connectivity index (χ3n) is 2.73. The lowest BCUT2D eigenvalue weighted by Gasteiger charge is -2.13. The van der Waals surface area contributed by atoms with E-state index >= 15 is 0 Å². The summed E-state index contributed by atoms with van der Waals surface area (Å²) in [5.41, 5.74) is 4.53. The topological polar surface area (TPSA) is 12.0 Å². The molecule has 1 nitrogen and oxygen atoms in total. The van der Waals surface area contributed by atoms with Crippen LogP contribution in [0, 0.1) is 20.8 Å². The Hall–Kier alpha value is -1.03. The molecule has 0 aliphatic rings. The number of hydrogen-bond donors (Lipinski definition) is 1. The van der Waals surface area contributed by atoms with Gasteiger partial charge in [0.25, 0.3) is 0 Å². The van der Waals surface area contributed by atoms with Crippen molar-refractivity contribution in [1.29, 1.82) is 0 Å². The molecule has 4 heteroatoms. The maximum absolute atomic E-state index is 12.0. The second kappa shape index (κ2) is 5.54. The first-order chi connectivity index (χ1) is 7.79. The van der Waals surface area contributed by atoms with Gasteiger partial charge in [0, 0.05) is 13.1 Å². The molecule has 17 heavy (non-hydrogen) atoms. The molecule has 0 aromatic heterocycles. The fraction of sp³-hybridized carbons (Fsp3) is 0.538. The van der Waals surface area contributed by atoms with Gasteiger partial charge in [-0.05, 0) is 37.5 Å². The molecular formula is C13H18F3N. The first-order valence-corrected chi connectivity index (χ1v) is 5.64. The maximum atomic E-state index is 12.0. The molecule has 0 unspecified atom stereocenters. The van der Waals surface area contributed by atoms with E-state index in [1.54, 1.807) is 0 Å². The molecule has 0 spiro atoms. The molecule has 0 amide bonds. The van der Waals surface area contributed by atoms with Crippen molar-refractivity contribution < 1.29 is 13.2 Å². The Morgan fingerprint density at radius 2 is 1.59 bits per heavy atom. The summed E-state index contributed by atoms with van der Waals surface area (Å²) in [5.74, 6) is 0. The molecule has 1 aromatic carbocycles. The van der Waals surface area contributed by atoms with Crippen molar-refractivity contribution in [1.82, 2.24) is 5.32 Å². The highest BCUT2D eigenvalue weighted by Gasteiger charge is 2.25. The lowest BCUT2D eigenvalue weighted by atomic mass is 10.00. The van der Waals surface area contributed by atoms with Crippen molar-refractivity contribution in [3.63, 3.8) is 0 Å². The van der Waals surface area contributed by atoms with Gasteiger partial charge in [-0.15, -0.1) is 0 Å². The minimum Gasteiger partial charge on any atom is -0.312 e. The van der Waals surface area contributed by atoms with Crippen molar-refractivity contribution in [2.45, 2.75) is 39.9 Å². The Morgan fingerprint density at radius 1 is 1.06 bits per heavy atom. The molecule has 1 aromatic rings. The number of halogens is 3. The molecule has 0 atom stereocenters. The number of aryl methyl sites for hydroxylation is 3. The van der Waals surface area contributed by atoms with Crippen LogP contribution in [0.2, 0.25) is 0 Å². The van der Waals surface area contributed by atoms with E-state index in [2.05, 4.69) is 5.32 Å². The van der Waals surface area contributed by atoms with E-state index in [0.29, 0.717) is 6.54 Å².